The zero-order chi connectivity index (χ0) is 15.6. The van der Waals surface area contributed by atoms with Crippen LogP contribution in [0, 0.1) is 6.92 Å². The fourth-order valence-corrected chi connectivity index (χ4v) is 4.42. The van der Waals surface area contributed by atoms with E-state index in [-0.39, 0.29) is 23.6 Å². The van der Waals surface area contributed by atoms with Crippen LogP contribution in [0.3, 0.4) is 0 Å². The van der Waals surface area contributed by atoms with Crippen molar-refractivity contribution in [3.63, 3.8) is 0 Å². The third-order valence-electron chi connectivity index (χ3n) is 4.05. The van der Waals surface area contributed by atoms with E-state index in [4.69, 9.17) is 0 Å². The first-order valence-corrected chi connectivity index (χ1v) is 8.99. The van der Waals surface area contributed by atoms with Crippen LogP contribution in [-0.4, -0.2) is 43.9 Å². The molecule has 2 rings (SSSR count). The van der Waals surface area contributed by atoms with Crippen LogP contribution < -0.4 is 5.32 Å². The summed E-state index contributed by atoms with van der Waals surface area (Å²) in [7, 11) is -1.33. The van der Waals surface area contributed by atoms with Crippen LogP contribution in [0.25, 0.3) is 0 Å². The number of anilines is 1. The first-order chi connectivity index (χ1) is 9.84. The number of carbonyl (C=O) groups excluding carboxylic acids is 1. The lowest BCUT2D eigenvalue weighted by Crippen LogP contribution is -2.40. The van der Waals surface area contributed by atoms with Crippen molar-refractivity contribution in [3.05, 3.63) is 29.3 Å². The maximum Gasteiger partial charge on any atom is 0.321 e. The minimum Gasteiger partial charge on any atom is -0.324 e. The zero-order valence-electron chi connectivity index (χ0n) is 12.7. The lowest BCUT2D eigenvalue weighted by molar-refractivity contribution is 0.209. The Labute approximate surface area is 126 Å². The van der Waals surface area contributed by atoms with Gasteiger partial charge >= 0.3 is 6.03 Å². The molecule has 0 aromatic heterocycles. The molecule has 1 atom stereocenters. The van der Waals surface area contributed by atoms with Gasteiger partial charge in [-0.05, 0) is 30.9 Å². The summed E-state index contributed by atoms with van der Waals surface area (Å²) in [5.41, 5.74) is 2.92. The van der Waals surface area contributed by atoms with Gasteiger partial charge in [0.25, 0.3) is 0 Å². The molecular formula is C15H22N2O3S. The minimum atomic E-state index is -2.99. The Balaban J connectivity index is 2.12. The van der Waals surface area contributed by atoms with Crippen LogP contribution in [0.2, 0.25) is 0 Å². The van der Waals surface area contributed by atoms with Gasteiger partial charge < -0.3 is 10.2 Å². The first kappa shape index (κ1) is 15.8. The highest BCUT2D eigenvalue weighted by atomic mass is 32.2. The Kier molecular flexibility index (Phi) is 4.56. The van der Waals surface area contributed by atoms with Crippen LogP contribution >= 0.6 is 0 Å². The fourth-order valence-electron chi connectivity index (χ4n) is 2.64. The van der Waals surface area contributed by atoms with Gasteiger partial charge in [-0.25, -0.2) is 13.2 Å². The molecule has 0 saturated carbocycles. The Morgan fingerprint density at radius 3 is 2.71 bits per heavy atom. The second kappa shape index (κ2) is 6.05. The van der Waals surface area contributed by atoms with E-state index in [1.165, 1.54) is 4.90 Å². The topological polar surface area (TPSA) is 66.5 Å². The number of nitrogens with one attached hydrogen (secondary N) is 1. The summed E-state index contributed by atoms with van der Waals surface area (Å²) in [6.45, 7) is 3.99. The van der Waals surface area contributed by atoms with Crippen molar-refractivity contribution in [3.8, 4) is 0 Å². The van der Waals surface area contributed by atoms with Crippen molar-refractivity contribution in [1.82, 2.24) is 4.90 Å². The van der Waals surface area contributed by atoms with Gasteiger partial charge in [0.15, 0.2) is 9.84 Å². The quantitative estimate of drug-likeness (QED) is 0.931. The molecule has 1 saturated heterocycles. The molecule has 0 radical (unpaired) electrons. The van der Waals surface area contributed by atoms with Gasteiger partial charge in [-0.2, -0.15) is 0 Å². The van der Waals surface area contributed by atoms with Crippen LogP contribution in [-0.2, 0) is 16.3 Å². The second-order valence-electron chi connectivity index (χ2n) is 5.56. The Morgan fingerprint density at radius 2 is 2.14 bits per heavy atom. The van der Waals surface area contributed by atoms with E-state index in [9.17, 15) is 13.2 Å². The van der Waals surface area contributed by atoms with Crippen molar-refractivity contribution in [2.24, 2.45) is 0 Å². The van der Waals surface area contributed by atoms with E-state index in [0.717, 1.165) is 23.2 Å². The summed E-state index contributed by atoms with van der Waals surface area (Å²) >= 11 is 0. The number of para-hydroxylation sites is 1. The molecular weight excluding hydrogens is 288 g/mol. The number of hydrogen-bond acceptors (Lipinski definition) is 3. The van der Waals surface area contributed by atoms with E-state index in [1.807, 2.05) is 32.0 Å². The molecule has 1 aromatic carbocycles. The number of amides is 2. The molecule has 116 valence electrons. The molecule has 1 aliphatic heterocycles. The molecule has 0 spiro atoms. The monoisotopic (exact) mass is 310 g/mol. The van der Waals surface area contributed by atoms with E-state index in [1.54, 1.807) is 7.05 Å². The Bertz CT molecular complexity index is 640. The van der Waals surface area contributed by atoms with Crippen LogP contribution in [0.4, 0.5) is 10.5 Å². The molecule has 1 aliphatic rings. The number of carbonyl (C=O) groups is 1. The molecule has 1 heterocycles. The number of benzene rings is 1. The van der Waals surface area contributed by atoms with Crippen molar-refractivity contribution in [2.45, 2.75) is 32.7 Å². The maximum absolute atomic E-state index is 12.4. The maximum atomic E-state index is 12.4. The smallest absolute Gasteiger partial charge is 0.321 e. The van der Waals surface area contributed by atoms with Crippen molar-refractivity contribution >= 4 is 21.6 Å². The average Bonchev–Trinajstić information content (AvgIpc) is 2.80. The summed E-state index contributed by atoms with van der Waals surface area (Å²) < 4.78 is 23.0. The highest BCUT2D eigenvalue weighted by molar-refractivity contribution is 7.91. The largest absolute Gasteiger partial charge is 0.324 e. The van der Waals surface area contributed by atoms with Gasteiger partial charge in [-0.15, -0.1) is 0 Å². The third-order valence-corrected chi connectivity index (χ3v) is 5.80. The lowest BCUT2D eigenvalue weighted by atomic mass is 10.1. The lowest BCUT2D eigenvalue weighted by Gasteiger charge is -2.25. The highest BCUT2D eigenvalue weighted by Gasteiger charge is 2.32. The molecule has 0 bridgehead atoms. The van der Waals surface area contributed by atoms with E-state index >= 15 is 0 Å². The zero-order valence-corrected chi connectivity index (χ0v) is 13.5. The molecule has 21 heavy (non-hydrogen) atoms. The summed E-state index contributed by atoms with van der Waals surface area (Å²) in [5, 5.41) is 2.93. The standard InChI is InChI=1S/C15H22N2O3S/c1-4-12-7-5-6-11(2)14(12)16-15(18)17(3)13-8-9-21(19,20)10-13/h5-7,13H,4,8-10H2,1-3H3,(H,16,18). The molecule has 1 unspecified atom stereocenters. The SMILES string of the molecule is CCc1cccc(C)c1NC(=O)N(C)C1CCS(=O)(=O)C1. The fraction of sp³-hybridized carbons (Fsp3) is 0.533. The number of sulfone groups is 1. The van der Waals surface area contributed by atoms with Crippen LogP contribution in [0.15, 0.2) is 18.2 Å². The van der Waals surface area contributed by atoms with Crippen LogP contribution in [0.5, 0.6) is 0 Å². The molecule has 6 heteroatoms. The van der Waals surface area contributed by atoms with E-state index in [2.05, 4.69) is 5.32 Å². The van der Waals surface area contributed by atoms with Gasteiger partial charge in [-0.3, -0.25) is 0 Å². The number of hydrogen-bond donors (Lipinski definition) is 1. The molecule has 1 aromatic rings. The summed E-state index contributed by atoms with van der Waals surface area (Å²) in [6.07, 6.45) is 1.35. The number of rotatable bonds is 3. The number of aryl methyl sites for hydroxylation is 2. The van der Waals surface area contributed by atoms with Gasteiger partial charge in [0, 0.05) is 18.8 Å². The third kappa shape index (κ3) is 3.56. The normalized spacial score (nSPS) is 20.2. The average molecular weight is 310 g/mol. The summed E-state index contributed by atoms with van der Waals surface area (Å²) in [4.78, 5) is 13.9. The van der Waals surface area contributed by atoms with E-state index in [0.29, 0.717) is 6.42 Å². The molecule has 5 nitrogen and oxygen atoms in total. The molecule has 2 amide bonds. The van der Waals surface area contributed by atoms with Crippen LogP contribution in [0.1, 0.15) is 24.5 Å². The summed E-state index contributed by atoms with van der Waals surface area (Å²) in [6, 6.07) is 5.43. The highest BCUT2D eigenvalue weighted by Crippen LogP contribution is 2.23. The summed E-state index contributed by atoms with van der Waals surface area (Å²) in [5.74, 6) is 0.227. The Morgan fingerprint density at radius 1 is 1.43 bits per heavy atom. The van der Waals surface area contributed by atoms with Gasteiger partial charge in [0.05, 0.1) is 11.5 Å². The Hall–Kier alpha value is -1.56. The van der Waals surface area contributed by atoms with Crippen molar-refractivity contribution in [1.29, 1.82) is 0 Å². The predicted molar refractivity (Wildman–Crippen MR) is 84.4 cm³/mol. The number of nitrogens with zero attached hydrogens (tertiary/aromatic N) is 1. The van der Waals surface area contributed by atoms with Crippen molar-refractivity contribution in [2.75, 3.05) is 23.9 Å². The first-order valence-electron chi connectivity index (χ1n) is 7.17. The minimum absolute atomic E-state index is 0.0608. The second-order valence-corrected chi connectivity index (χ2v) is 7.79. The van der Waals surface area contributed by atoms with Gasteiger partial charge in [-0.1, -0.05) is 25.1 Å². The van der Waals surface area contributed by atoms with Gasteiger partial charge in [0.1, 0.15) is 0 Å². The molecule has 1 N–H and O–H groups in total. The molecule has 1 fully saturated rings. The number of urea groups is 1. The van der Waals surface area contributed by atoms with Crippen molar-refractivity contribution < 1.29 is 13.2 Å². The van der Waals surface area contributed by atoms with Gasteiger partial charge in [0.2, 0.25) is 0 Å². The van der Waals surface area contributed by atoms with E-state index < -0.39 is 9.84 Å². The predicted octanol–water partition coefficient (Wildman–Crippen LogP) is 2.21. The molecule has 0 aliphatic carbocycles.